The first kappa shape index (κ1) is 15.9. The molecule has 114 valence electrons. The van der Waals surface area contributed by atoms with E-state index in [4.69, 9.17) is 4.74 Å². The van der Waals surface area contributed by atoms with Gasteiger partial charge in [0.05, 0.1) is 18.2 Å². The van der Waals surface area contributed by atoms with Crippen LogP contribution in [0, 0.1) is 6.92 Å². The van der Waals surface area contributed by atoms with Gasteiger partial charge in [-0.25, -0.2) is 4.98 Å². The number of benzene rings is 1. The second-order valence-electron chi connectivity index (χ2n) is 5.18. The Kier molecular flexibility index (Phi) is 5.33. The van der Waals surface area contributed by atoms with Crippen LogP contribution in [0.25, 0.3) is 0 Å². The van der Waals surface area contributed by atoms with Crippen LogP contribution in [0.15, 0.2) is 30.5 Å². The number of nitrogens with zero attached hydrogens (tertiary/aromatic N) is 1. The number of aromatic nitrogens is 1. The lowest BCUT2D eigenvalue weighted by Gasteiger charge is -2.24. The van der Waals surface area contributed by atoms with Crippen molar-refractivity contribution < 1.29 is 9.84 Å². The Morgan fingerprint density at radius 2 is 1.90 bits per heavy atom. The highest BCUT2D eigenvalue weighted by Crippen LogP contribution is 2.24. The zero-order valence-corrected chi connectivity index (χ0v) is 13.6. The molecular formula is C16H22N2O2S. The maximum absolute atomic E-state index is 10.4. The topological polar surface area (TPSA) is 54.4 Å². The van der Waals surface area contributed by atoms with E-state index in [1.807, 2.05) is 44.3 Å². The summed E-state index contributed by atoms with van der Waals surface area (Å²) in [7, 11) is 1.63. The fourth-order valence-corrected chi connectivity index (χ4v) is 3.03. The van der Waals surface area contributed by atoms with Crippen molar-refractivity contribution in [1.29, 1.82) is 0 Å². The third-order valence-corrected chi connectivity index (χ3v) is 4.61. The second-order valence-corrected chi connectivity index (χ2v) is 6.44. The Labute approximate surface area is 129 Å². The zero-order valence-electron chi connectivity index (χ0n) is 12.8. The van der Waals surface area contributed by atoms with Crippen LogP contribution >= 0.6 is 11.3 Å². The molecule has 0 aliphatic heterocycles. The molecule has 0 saturated heterocycles. The van der Waals surface area contributed by atoms with Gasteiger partial charge >= 0.3 is 0 Å². The summed E-state index contributed by atoms with van der Waals surface area (Å²) in [5, 5.41) is 14.9. The number of hydrogen-bond acceptors (Lipinski definition) is 5. The molecule has 2 rings (SSSR count). The van der Waals surface area contributed by atoms with Gasteiger partial charge in [-0.2, -0.15) is 0 Å². The van der Waals surface area contributed by atoms with Gasteiger partial charge in [-0.3, -0.25) is 0 Å². The number of aliphatic hydroxyl groups excluding tert-OH is 1. The Balaban J connectivity index is 1.99. The first-order chi connectivity index (χ1) is 10.0. The van der Waals surface area contributed by atoms with Crippen LogP contribution in [0.5, 0.6) is 5.75 Å². The molecule has 0 radical (unpaired) electrons. The molecule has 0 aliphatic carbocycles. The number of thiazole rings is 1. The molecule has 2 aromatic rings. The van der Waals surface area contributed by atoms with E-state index in [1.165, 1.54) is 4.88 Å². The van der Waals surface area contributed by atoms with Crippen molar-refractivity contribution in [3.8, 4) is 5.75 Å². The van der Waals surface area contributed by atoms with Crippen LogP contribution in [-0.4, -0.2) is 23.2 Å². The summed E-state index contributed by atoms with van der Waals surface area (Å²) in [6, 6.07) is 7.62. The molecule has 1 aromatic carbocycles. The predicted octanol–water partition coefficient (Wildman–Crippen LogP) is 3.23. The normalized spacial score (nSPS) is 15.5. The highest BCUT2D eigenvalue weighted by molar-refractivity contribution is 7.11. The van der Waals surface area contributed by atoms with Gasteiger partial charge in [0.1, 0.15) is 5.75 Å². The molecule has 0 aliphatic rings. The van der Waals surface area contributed by atoms with E-state index in [-0.39, 0.29) is 12.1 Å². The van der Waals surface area contributed by atoms with Gasteiger partial charge in [0.15, 0.2) is 0 Å². The number of ether oxygens (including phenoxy) is 1. The van der Waals surface area contributed by atoms with Gasteiger partial charge < -0.3 is 15.2 Å². The summed E-state index contributed by atoms with van der Waals surface area (Å²) in [4.78, 5) is 5.45. The lowest BCUT2D eigenvalue weighted by Crippen LogP contribution is -2.33. The van der Waals surface area contributed by atoms with E-state index in [1.54, 1.807) is 18.4 Å². The summed E-state index contributed by atoms with van der Waals surface area (Å²) in [6.45, 7) is 6.07. The molecule has 1 aromatic heterocycles. The molecule has 1 heterocycles. The number of aliphatic hydroxyl groups is 1. The van der Waals surface area contributed by atoms with E-state index < -0.39 is 6.10 Å². The van der Waals surface area contributed by atoms with Crippen molar-refractivity contribution in [3.63, 3.8) is 0 Å². The summed E-state index contributed by atoms with van der Waals surface area (Å²) in [5.41, 5.74) is 0.878. The lowest BCUT2D eigenvalue weighted by molar-refractivity contribution is 0.131. The third-order valence-electron chi connectivity index (χ3n) is 3.51. The summed E-state index contributed by atoms with van der Waals surface area (Å²) >= 11 is 1.68. The van der Waals surface area contributed by atoms with Gasteiger partial charge in [-0.05, 0) is 38.5 Å². The fourth-order valence-electron chi connectivity index (χ4n) is 2.24. The maximum Gasteiger partial charge on any atom is 0.118 e. The van der Waals surface area contributed by atoms with Gasteiger partial charge in [0.25, 0.3) is 0 Å². The van der Waals surface area contributed by atoms with Gasteiger partial charge in [0, 0.05) is 23.2 Å². The van der Waals surface area contributed by atoms with Crippen LogP contribution in [0.3, 0.4) is 0 Å². The summed E-state index contributed by atoms with van der Waals surface area (Å²) in [5.74, 6) is 0.792. The molecule has 0 bridgehead atoms. The first-order valence-corrected chi connectivity index (χ1v) is 7.83. The molecular weight excluding hydrogens is 284 g/mol. The molecule has 0 fully saturated rings. The molecule has 0 amide bonds. The number of rotatable bonds is 6. The van der Waals surface area contributed by atoms with Crippen molar-refractivity contribution in [3.05, 3.63) is 45.9 Å². The predicted molar refractivity (Wildman–Crippen MR) is 85.8 cm³/mol. The van der Waals surface area contributed by atoms with Gasteiger partial charge in [-0.1, -0.05) is 12.1 Å². The minimum absolute atomic E-state index is 0.0594. The van der Waals surface area contributed by atoms with Crippen LogP contribution < -0.4 is 10.1 Å². The minimum Gasteiger partial charge on any atom is -0.497 e. The van der Waals surface area contributed by atoms with Crippen LogP contribution in [0.1, 0.15) is 41.4 Å². The van der Waals surface area contributed by atoms with Crippen LogP contribution in [0.2, 0.25) is 0 Å². The van der Waals surface area contributed by atoms with E-state index in [0.717, 1.165) is 16.3 Å². The molecule has 5 heteroatoms. The van der Waals surface area contributed by atoms with Crippen molar-refractivity contribution in [1.82, 2.24) is 10.3 Å². The Hall–Kier alpha value is -1.43. The standard InChI is InChI=1S/C16H22N2O2S/c1-10(15-9-17-12(3)21-15)18-11(2)16(19)13-5-7-14(20-4)8-6-13/h5-11,16,18-19H,1-4H3. The summed E-state index contributed by atoms with van der Waals surface area (Å²) < 4.78 is 5.13. The van der Waals surface area contributed by atoms with Crippen molar-refractivity contribution >= 4 is 11.3 Å². The van der Waals surface area contributed by atoms with Crippen molar-refractivity contribution in [2.24, 2.45) is 0 Å². The third kappa shape index (κ3) is 4.03. The quantitative estimate of drug-likeness (QED) is 0.860. The molecule has 3 atom stereocenters. The largest absolute Gasteiger partial charge is 0.497 e. The molecule has 0 saturated carbocycles. The highest BCUT2D eigenvalue weighted by Gasteiger charge is 2.19. The molecule has 0 spiro atoms. The Bertz CT molecular complexity index is 568. The molecule has 4 nitrogen and oxygen atoms in total. The average molecular weight is 306 g/mol. The Morgan fingerprint density at radius 1 is 1.24 bits per heavy atom. The minimum atomic E-state index is -0.563. The van der Waals surface area contributed by atoms with Crippen LogP contribution in [-0.2, 0) is 0 Å². The zero-order chi connectivity index (χ0) is 15.4. The molecule has 2 N–H and O–H groups in total. The second kappa shape index (κ2) is 7.02. The fraction of sp³-hybridized carbons (Fsp3) is 0.438. The van der Waals surface area contributed by atoms with E-state index in [9.17, 15) is 5.11 Å². The van der Waals surface area contributed by atoms with Crippen LogP contribution in [0.4, 0.5) is 0 Å². The van der Waals surface area contributed by atoms with Gasteiger partial charge in [-0.15, -0.1) is 11.3 Å². The number of aryl methyl sites for hydroxylation is 1. The lowest BCUT2D eigenvalue weighted by atomic mass is 10.0. The number of nitrogens with one attached hydrogen (secondary N) is 1. The van der Waals surface area contributed by atoms with E-state index >= 15 is 0 Å². The Morgan fingerprint density at radius 3 is 2.43 bits per heavy atom. The van der Waals surface area contributed by atoms with E-state index in [0.29, 0.717) is 0 Å². The van der Waals surface area contributed by atoms with E-state index in [2.05, 4.69) is 17.2 Å². The smallest absolute Gasteiger partial charge is 0.118 e. The average Bonchev–Trinajstić information content (AvgIpc) is 2.93. The first-order valence-electron chi connectivity index (χ1n) is 7.01. The molecule has 3 unspecified atom stereocenters. The number of methoxy groups -OCH3 is 1. The number of hydrogen-bond donors (Lipinski definition) is 2. The SMILES string of the molecule is COc1ccc(C(O)C(C)NC(C)c2cnc(C)s2)cc1. The maximum atomic E-state index is 10.4. The monoisotopic (exact) mass is 306 g/mol. The van der Waals surface area contributed by atoms with Crippen molar-refractivity contribution in [2.45, 2.75) is 39.0 Å². The van der Waals surface area contributed by atoms with Gasteiger partial charge in [0.2, 0.25) is 0 Å². The summed E-state index contributed by atoms with van der Waals surface area (Å²) in [6.07, 6.45) is 1.33. The highest BCUT2D eigenvalue weighted by atomic mass is 32.1. The van der Waals surface area contributed by atoms with Crippen molar-refractivity contribution in [2.75, 3.05) is 7.11 Å². The molecule has 21 heavy (non-hydrogen) atoms.